The first-order chi connectivity index (χ1) is 12.3. The van der Waals surface area contributed by atoms with Gasteiger partial charge in [-0.2, -0.15) is 0 Å². The number of fused-ring (bicyclic) bond motifs is 1. The molecular weight excluding hydrogens is 308 g/mol. The van der Waals surface area contributed by atoms with Crippen molar-refractivity contribution in [1.82, 2.24) is 5.32 Å². The molecule has 0 radical (unpaired) electrons. The quantitative estimate of drug-likeness (QED) is 0.399. The van der Waals surface area contributed by atoms with Gasteiger partial charge in [0.2, 0.25) is 0 Å². The molecule has 1 N–H and O–H groups in total. The number of nitrogens with zero attached hydrogens (tertiary/aromatic N) is 1. The molecule has 0 aliphatic heterocycles. The monoisotopic (exact) mass is 332 g/mol. The van der Waals surface area contributed by atoms with E-state index in [0.29, 0.717) is 5.69 Å². The molecule has 0 fully saturated rings. The minimum absolute atomic E-state index is 0.0446. The van der Waals surface area contributed by atoms with Gasteiger partial charge in [-0.15, -0.1) is 4.91 Å². The van der Waals surface area contributed by atoms with Gasteiger partial charge >= 0.3 is 0 Å². The Hall–Kier alpha value is -2.52. The van der Waals surface area contributed by atoms with Crippen LogP contribution < -0.4 is 5.32 Å². The predicted molar refractivity (Wildman–Crippen MR) is 105 cm³/mol. The Balaban J connectivity index is 2.08. The molecule has 25 heavy (non-hydrogen) atoms. The van der Waals surface area contributed by atoms with Gasteiger partial charge in [-0.3, -0.25) is 0 Å². The zero-order valence-electron chi connectivity index (χ0n) is 14.6. The SMILES string of the molecule is CCCCCNC(c1ccccc1)c1c(N=O)ccc2ccccc12. The van der Waals surface area contributed by atoms with Gasteiger partial charge in [0.1, 0.15) is 5.69 Å². The van der Waals surface area contributed by atoms with Crippen molar-refractivity contribution in [3.63, 3.8) is 0 Å². The van der Waals surface area contributed by atoms with E-state index in [1.807, 2.05) is 42.5 Å². The lowest BCUT2D eigenvalue weighted by molar-refractivity contribution is 0.568. The molecule has 3 aromatic rings. The Morgan fingerprint density at radius 3 is 2.44 bits per heavy atom. The zero-order chi connectivity index (χ0) is 17.5. The highest BCUT2D eigenvalue weighted by atomic mass is 16.3. The predicted octanol–water partition coefficient (Wildman–Crippen LogP) is 6.11. The maximum atomic E-state index is 11.5. The van der Waals surface area contributed by atoms with Crippen molar-refractivity contribution in [2.24, 2.45) is 5.18 Å². The van der Waals surface area contributed by atoms with Gasteiger partial charge in [0, 0.05) is 5.56 Å². The second kappa shape index (κ2) is 8.54. The summed E-state index contributed by atoms with van der Waals surface area (Å²) in [5, 5.41) is 9.18. The third-order valence-corrected chi connectivity index (χ3v) is 4.60. The van der Waals surface area contributed by atoms with E-state index in [2.05, 4.69) is 41.7 Å². The van der Waals surface area contributed by atoms with Crippen LogP contribution in [0.1, 0.15) is 43.4 Å². The van der Waals surface area contributed by atoms with Gasteiger partial charge in [0.25, 0.3) is 0 Å². The van der Waals surface area contributed by atoms with Gasteiger partial charge in [-0.05, 0) is 40.5 Å². The number of benzene rings is 3. The summed E-state index contributed by atoms with van der Waals surface area (Å²) in [6.45, 7) is 3.11. The van der Waals surface area contributed by atoms with E-state index in [1.165, 1.54) is 12.8 Å². The van der Waals surface area contributed by atoms with E-state index in [9.17, 15) is 4.91 Å². The maximum Gasteiger partial charge on any atom is 0.113 e. The van der Waals surface area contributed by atoms with E-state index in [-0.39, 0.29) is 6.04 Å². The lowest BCUT2D eigenvalue weighted by atomic mass is 9.92. The van der Waals surface area contributed by atoms with E-state index >= 15 is 0 Å². The highest BCUT2D eigenvalue weighted by Crippen LogP contribution is 2.36. The van der Waals surface area contributed by atoms with E-state index in [0.717, 1.165) is 34.9 Å². The Morgan fingerprint density at radius 2 is 1.68 bits per heavy atom. The molecule has 0 bridgehead atoms. The second-order valence-electron chi connectivity index (χ2n) is 6.32. The molecular formula is C22H24N2O. The summed E-state index contributed by atoms with van der Waals surface area (Å²) in [4.78, 5) is 11.5. The summed E-state index contributed by atoms with van der Waals surface area (Å²) in [7, 11) is 0. The summed E-state index contributed by atoms with van der Waals surface area (Å²) in [6, 6.07) is 22.2. The number of hydrogen-bond donors (Lipinski definition) is 1. The van der Waals surface area contributed by atoms with Gasteiger partial charge in [0.15, 0.2) is 0 Å². The molecule has 3 heteroatoms. The van der Waals surface area contributed by atoms with Crippen LogP contribution in [-0.4, -0.2) is 6.54 Å². The lowest BCUT2D eigenvalue weighted by Gasteiger charge is -2.22. The zero-order valence-corrected chi connectivity index (χ0v) is 14.6. The van der Waals surface area contributed by atoms with Crippen molar-refractivity contribution in [2.75, 3.05) is 6.54 Å². The van der Waals surface area contributed by atoms with E-state index in [1.54, 1.807) is 0 Å². The van der Waals surface area contributed by atoms with Crippen molar-refractivity contribution < 1.29 is 0 Å². The van der Waals surface area contributed by atoms with Crippen molar-refractivity contribution in [1.29, 1.82) is 0 Å². The minimum Gasteiger partial charge on any atom is -0.306 e. The fraction of sp³-hybridized carbons (Fsp3) is 0.273. The van der Waals surface area contributed by atoms with E-state index < -0.39 is 0 Å². The molecule has 128 valence electrons. The molecule has 1 unspecified atom stereocenters. The second-order valence-corrected chi connectivity index (χ2v) is 6.32. The molecule has 0 heterocycles. The van der Waals surface area contributed by atoms with E-state index in [4.69, 9.17) is 0 Å². The first-order valence-electron chi connectivity index (χ1n) is 8.98. The van der Waals surface area contributed by atoms with Crippen LogP contribution in [0, 0.1) is 4.91 Å². The number of hydrogen-bond acceptors (Lipinski definition) is 3. The highest BCUT2D eigenvalue weighted by Gasteiger charge is 2.20. The molecule has 0 saturated heterocycles. The number of unbranched alkanes of at least 4 members (excludes halogenated alkanes) is 2. The van der Waals surface area contributed by atoms with Gasteiger partial charge < -0.3 is 5.32 Å². The molecule has 0 spiro atoms. The molecule has 3 rings (SSSR count). The van der Waals surface area contributed by atoms with Crippen LogP contribution in [0.2, 0.25) is 0 Å². The largest absolute Gasteiger partial charge is 0.306 e. The average molecular weight is 332 g/mol. The van der Waals surface area contributed by atoms with Gasteiger partial charge in [-0.1, -0.05) is 80.4 Å². The van der Waals surface area contributed by atoms with Crippen molar-refractivity contribution in [2.45, 2.75) is 32.2 Å². The molecule has 1 atom stereocenters. The summed E-state index contributed by atoms with van der Waals surface area (Å²) in [5.74, 6) is 0. The fourth-order valence-corrected chi connectivity index (χ4v) is 3.32. The third-order valence-electron chi connectivity index (χ3n) is 4.60. The van der Waals surface area contributed by atoms with Crippen LogP contribution >= 0.6 is 0 Å². The summed E-state index contributed by atoms with van der Waals surface area (Å²) < 4.78 is 0. The molecule has 0 aliphatic carbocycles. The minimum atomic E-state index is -0.0446. The Bertz CT molecular complexity index is 830. The first-order valence-corrected chi connectivity index (χ1v) is 8.98. The molecule has 0 aromatic heterocycles. The topological polar surface area (TPSA) is 41.5 Å². The van der Waals surface area contributed by atoms with Crippen LogP contribution in [0.15, 0.2) is 71.9 Å². The van der Waals surface area contributed by atoms with Crippen LogP contribution in [0.5, 0.6) is 0 Å². The Labute approximate surface area is 149 Å². The Kier molecular flexibility index (Phi) is 5.91. The summed E-state index contributed by atoms with van der Waals surface area (Å²) in [6.07, 6.45) is 3.50. The van der Waals surface area contributed by atoms with Gasteiger partial charge in [-0.25, -0.2) is 0 Å². The maximum absolute atomic E-state index is 11.5. The Morgan fingerprint density at radius 1 is 0.920 bits per heavy atom. The summed E-state index contributed by atoms with van der Waals surface area (Å²) in [5.41, 5.74) is 2.63. The summed E-state index contributed by atoms with van der Waals surface area (Å²) >= 11 is 0. The van der Waals surface area contributed by atoms with Crippen LogP contribution in [-0.2, 0) is 0 Å². The molecule has 3 aromatic carbocycles. The molecule has 0 amide bonds. The van der Waals surface area contributed by atoms with Crippen molar-refractivity contribution >= 4 is 16.5 Å². The fourth-order valence-electron chi connectivity index (χ4n) is 3.32. The van der Waals surface area contributed by atoms with Crippen LogP contribution in [0.25, 0.3) is 10.8 Å². The first kappa shape index (κ1) is 17.3. The van der Waals surface area contributed by atoms with Crippen molar-refractivity contribution in [3.8, 4) is 0 Å². The highest BCUT2D eigenvalue weighted by molar-refractivity contribution is 5.90. The van der Waals surface area contributed by atoms with Crippen LogP contribution in [0.3, 0.4) is 0 Å². The number of nitroso groups, excluding NO2 is 1. The van der Waals surface area contributed by atoms with Crippen LogP contribution in [0.4, 0.5) is 5.69 Å². The third kappa shape index (κ3) is 3.94. The van der Waals surface area contributed by atoms with Crippen molar-refractivity contribution in [3.05, 3.63) is 82.8 Å². The molecule has 0 aliphatic rings. The average Bonchev–Trinajstić information content (AvgIpc) is 2.68. The number of nitrogens with one attached hydrogen (secondary N) is 1. The standard InChI is InChI=1S/C22H24N2O/c1-2-3-9-16-23-22(18-11-5-4-6-12-18)21-19-13-8-7-10-17(19)14-15-20(21)24-25/h4-8,10-15,22-23H,2-3,9,16H2,1H3. The molecule has 3 nitrogen and oxygen atoms in total. The number of rotatable bonds is 8. The normalized spacial score (nSPS) is 12.2. The molecule has 0 saturated carbocycles. The van der Waals surface area contributed by atoms with Gasteiger partial charge in [0.05, 0.1) is 6.04 Å². The smallest absolute Gasteiger partial charge is 0.113 e. The lowest BCUT2D eigenvalue weighted by Crippen LogP contribution is -2.24.